The molecule has 5 heteroatoms. The monoisotopic (exact) mass is 391 g/mol. The predicted octanol–water partition coefficient (Wildman–Crippen LogP) is 3.29. The van der Waals surface area contributed by atoms with E-state index in [1.54, 1.807) is 7.11 Å². The first kappa shape index (κ1) is 16.5. The lowest BCUT2D eigenvalue weighted by Gasteiger charge is -2.30. The number of carbonyl (C=O) groups is 1. The van der Waals surface area contributed by atoms with Crippen LogP contribution in [0.3, 0.4) is 0 Å². The molecule has 1 aromatic carbocycles. The lowest BCUT2D eigenvalue weighted by Crippen LogP contribution is -2.51. The van der Waals surface area contributed by atoms with Crippen LogP contribution in [0.15, 0.2) is 24.3 Å². The van der Waals surface area contributed by atoms with Crippen molar-refractivity contribution in [1.82, 2.24) is 5.32 Å². The van der Waals surface area contributed by atoms with E-state index in [4.69, 9.17) is 4.74 Å². The molecule has 0 saturated carbocycles. The maximum atomic E-state index is 12.2. The number of halogens is 2. The van der Waals surface area contributed by atoms with Gasteiger partial charge in [-0.3, -0.25) is 4.79 Å². The molecular weight excluding hydrogens is 374 g/mol. The molecule has 0 fully saturated rings. The molecule has 0 aliphatic carbocycles. The van der Waals surface area contributed by atoms with Gasteiger partial charge in [0, 0.05) is 16.2 Å². The van der Waals surface area contributed by atoms with Gasteiger partial charge < -0.3 is 10.1 Å². The second-order valence-electron chi connectivity index (χ2n) is 4.44. The summed E-state index contributed by atoms with van der Waals surface area (Å²) in [4.78, 5) is 12.2. The highest BCUT2D eigenvalue weighted by molar-refractivity contribution is 9.09. The maximum absolute atomic E-state index is 12.2. The number of benzene rings is 1. The van der Waals surface area contributed by atoms with Gasteiger partial charge in [0.05, 0.1) is 19.1 Å². The zero-order chi connectivity index (χ0) is 14.3. The van der Waals surface area contributed by atoms with Gasteiger partial charge in [0.1, 0.15) is 5.75 Å². The molecule has 0 aromatic heterocycles. The summed E-state index contributed by atoms with van der Waals surface area (Å²) in [6.45, 7) is 2.06. The number of alkyl halides is 2. The number of carbonyl (C=O) groups excluding carboxylic acids is 1. The second-order valence-corrected chi connectivity index (χ2v) is 5.56. The standard InChI is InChI=1S/C14H19Br2NO2/c1-3-14(9-15,10-16)17-13(18)8-11-6-4-5-7-12(11)19-2/h4-7H,3,8-10H2,1-2H3,(H,17,18). The molecule has 1 aromatic rings. The van der Waals surface area contributed by atoms with Crippen molar-refractivity contribution in [2.45, 2.75) is 25.3 Å². The highest BCUT2D eigenvalue weighted by atomic mass is 79.9. The van der Waals surface area contributed by atoms with Crippen LogP contribution in [0, 0.1) is 0 Å². The van der Waals surface area contributed by atoms with Gasteiger partial charge in [-0.25, -0.2) is 0 Å². The van der Waals surface area contributed by atoms with Crippen LogP contribution in [-0.2, 0) is 11.2 Å². The molecule has 0 atom stereocenters. The number of methoxy groups -OCH3 is 1. The Balaban J connectivity index is 2.74. The number of rotatable bonds is 7. The first-order chi connectivity index (χ1) is 9.10. The molecule has 0 spiro atoms. The minimum absolute atomic E-state index is 0.00486. The number of nitrogens with one attached hydrogen (secondary N) is 1. The molecule has 1 amide bonds. The normalized spacial score (nSPS) is 11.2. The van der Waals surface area contributed by atoms with Crippen LogP contribution in [0.5, 0.6) is 5.75 Å². The summed E-state index contributed by atoms with van der Waals surface area (Å²) in [7, 11) is 1.62. The molecular formula is C14H19Br2NO2. The molecule has 0 unspecified atom stereocenters. The van der Waals surface area contributed by atoms with Crippen LogP contribution >= 0.6 is 31.9 Å². The van der Waals surface area contributed by atoms with E-state index < -0.39 is 0 Å². The van der Waals surface area contributed by atoms with E-state index in [1.807, 2.05) is 24.3 Å². The highest BCUT2D eigenvalue weighted by Crippen LogP contribution is 2.20. The molecule has 3 nitrogen and oxygen atoms in total. The van der Waals surface area contributed by atoms with E-state index in [0.29, 0.717) is 6.42 Å². The first-order valence-corrected chi connectivity index (χ1v) is 8.40. The summed E-state index contributed by atoms with van der Waals surface area (Å²) in [5.41, 5.74) is 0.663. The first-order valence-electron chi connectivity index (χ1n) is 6.15. The van der Waals surface area contributed by atoms with Crippen LogP contribution < -0.4 is 10.1 Å². The third-order valence-electron chi connectivity index (χ3n) is 3.14. The van der Waals surface area contributed by atoms with Crippen molar-refractivity contribution in [3.63, 3.8) is 0 Å². The Labute approximate surface area is 131 Å². The van der Waals surface area contributed by atoms with E-state index in [1.165, 1.54) is 0 Å². The largest absolute Gasteiger partial charge is 0.496 e. The van der Waals surface area contributed by atoms with Crippen molar-refractivity contribution < 1.29 is 9.53 Å². The van der Waals surface area contributed by atoms with E-state index in [2.05, 4.69) is 44.1 Å². The van der Waals surface area contributed by atoms with E-state index in [-0.39, 0.29) is 11.4 Å². The average Bonchev–Trinajstić information content (AvgIpc) is 2.45. The smallest absolute Gasteiger partial charge is 0.225 e. The molecule has 106 valence electrons. The van der Waals surface area contributed by atoms with E-state index >= 15 is 0 Å². The van der Waals surface area contributed by atoms with Crippen LogP contribution in [0.1, 0.15) is 18.9 Å². The van der Waals surface area contributed by atoms with E-state index in [9.17, 15) is 4.79 Å². The summed E-state index contributed by atoms with van der Waals surface area (Å²) >= 11 is 6.93. The molecule has 0 radical (unpaired) electrons. The molecule has 1 N–H and O–H groups in total. The number of hydrogen-bond acceptors (Lipinski definition) is 2. The van der Waals surface area contributed by atoms with E-state index in [0.717, 1.165) is 28.4 Å². The number of ether oxygens (including phenoxy) is 1. The lowest BCUT2D eigenvalue weighted by molar-refractivity contribution is -0.121. The third kappa shape index (κ3) is 4.49. The average molecular weight is 393 g/mol. The predicted molar refractivity (Wildman–Crippen MR) is 85.5 cm³/mol. The zero-order valence-electron chi connectivity index (χ0n) is 11.2. The zero-order valence-corrected chi connectivity index (χ0v) is 14.4. The Hall–Kier alpha value is -0.550. The summed E-state index contributed by atoms with van der Waals surface area (Å²) < 4.78 is 5.26. The van der Waals surface area contributed by atoms with Gasteiger partial charge in [-0.1, -0.05) is 57.0 Å². The Morgan fingerprint density at radius 2 is 1.95 bits per heavy atom. The number of hydrogen-bond donors (Lipinski definition) is 1. The molecule has 1 rings (SSSR count). The minimum Gasteiger partial charge on any atom is -0.496 e. The Kier molecular flexibility index (Phi) is 6.86. The van der Waals surface area contributed by atoms with Gasteiger partial charge in [0.25, 0.3) is 0 Å². The minimum atomic E-state index is -0.237. The van der Waals surface area contributed by atoms with Crippen LogP contribution in [0.4, 0.5) is 0 Å². The summed E-state index contributed by atoms with van der Waals surface area (Å²) in [5, 5.41) is 4.53. The van der Waals surface area contributed by atoms with Crippen molar-refractivity contribution in [2.75, 3.05) is 17.8 Å². The highest BCUT2D eigenvalue weighted by Gasteiger charge is 2.27. The van der Waals surface area contributed by atoms with Crippen molar-refractivity contribution >= 4 is 37.8 Å². The van der Waals surface area contributed by atoms with Crippen LogP contribution in [-0.4, -0.2) is 29.2 Å². The summed E-state index contributed by atoms with van der Waals surface area (Å²) in [6.07, 6.45) is 1.19. The van der Waals surface area contributed by atoms with Gasteiger partial charge in [0.2, 0.25) is 5.91 Å². The van der Waals surface area contributed by atoms with Crippen molar-refractivity contribution in [3.05, 3.63) is 29.8 Å². The van der Waals surface area contributed by atoms with Gasteiger partial charge in [-0.15, -0.1) is 0 Å². The molecule has 0 aliphatic heterocycles. The van der Waals surface area contributed by atoms with Crippen molar-refractivity contribution in [2.24, 2.45) is 0 Å². The Morgan fingerprint density at radius 1 is 1.32 bits per heavy atom. The number of amides is 1. The van der Waals surface area contributed by atoms with Gasteiger partial charge >= 0.3 is 0 Å². The summed E-state index contributed by atoms with van der Waals surface area (Å²) in [5.74, 6) is 0.752. The molecule has 0 heterocycles. The van der Waals surface area contributed by atoms with Crippen LogP contribution in [0.2, 0.25) is 0 Å². The maximum Gasteiger partial charge on any atom is 0.225 e. The number of para-hydroxylation sites is 1. The third-order valence-corrected chi connectivity index (χ3v) is 5.28. The SMILES string of the molecule is CCC(CBr)(CBr)NC(=O)Cc1ccccc1OC. The Morgan fingerprint density at radius 3 is 2.47 bits per heavy atom. The molecule has 19 heavy (non-hydrogen) atoms. The van der Waals surface area contributed by atoms with Gasteiger partial charge in [0.15, 0.2) is 0 Å². The van der Waals surface area contributed by atoms with Gasteiger partial charge in [-0.2, -0.15) is 0 Å². The quantitative estimate of drug-likeness (QED) is 0.723. The molecule has 0 saturated heterocycles. The second kappa shape index (κ2) is 7.90. The summed E-state index contributed by atoms with van der Waals surface area (Å²) in [6, 6.07) is 7.58. The lowest BCUT2D eigenvalue weighted by atomic mass is 10.0. The Bertz CT molecular complexity index is 411. The fourth-order valence-corrected chi connectivity index (χ4v) is 3.74. The van der Waals surface area contributed by atoms with Crippen molar-refractivity contribution in [1.29, 1.82) is 0 Å². The fraction of sp³-hybridized carbons (Fsp3) is 0.500. The van der Waals surface area contributed by atoms with Crippen LogP contribution in [0.25, 0.3) is 0 Å². The van der Waals surface area contributed by atoms with Gasteiger partial charge in [-0.05, 0) is 12.5 Å². The molecule has 0 bridgehead atoms. The topological polar surface area (TPSA) is 38.3 Å². The molecule has 0 aliphatic rings. The van der Waals surface area contributed by atoms with Crippen molar-refractivity contribution in [3.8, 4) is 5.75 Å². The fourth-order valence-electron chi connectivity index (χ4n) is 1.74.